The van der Waals surface area contributed by atoms with E-state index >= 15 is 0 Å². The zero-order valence-electron chi connectivity index (χ0n) is 14.1. The molecule has 6 heteroatoms. The molecule has 1 amide bonds. The van der Waals surface area contributed by atoms with Gasteiger partial charge in [0.25, 0.3) is 5.91 Å². The maximum absolute atomic E-state index is 12.8. The number of aromatic nitrogens is 1. The van der Waals surface area contributed by atoms with Crippen molar-refractivity contribution in [3.05, 3.63) is 76.4 Å². The highest BCUT2D eigenvalue weighted by Gasteiger charge is 2.23. The summed E-state index contributed by atoms with van der Waals surface area (Å²) in [5.41, 5.74) is 1.94. The highest BCUT2D eigenvalue weighted by Crippen LogP contribution is 2.17. The van der Waals surface area contributed by atoms with Crippen LogP contribution in [0.25, 0.3) is 10.9 Å². The van der Waals surface area contributed by atoms with E-state index in [0.29, 0.717) is 17.5 Å². The van der Waals surface area contributed by atoms with E-state index in [1.807, 2.05) is 42.5 Å². The molecule has 0 aliphatic rings. The number of esters is 1. The van der Waals surface area contributed by atoms with Gasteiger partial charge in [0.05, 0.1) is 18.2 Å². The van der Waals surface area contributed by atoms with Gasteiger partial charge in [-0.1, -0.05) is 46.3 Å². The zero-order chi connectivity index (χ0) is 18.5. The van der Waals surface area contributed by atoms with Crippen LogP contribution in [0.5, 0.6) is 0 Å². The van der Waals surface area contributed by atoms with Crippen LogP contribution in [0.15, 0.2) is 65.3 Å². The van der Waals surface area contributed by atoms with Gasteiger partial charge in [-0.25, -0.2) is 4.79 Å². The normalized spacial score (nSPS) is 11.8. The van der Waals surface area contributed by atoms with Gasteiger partial charge in [-0.15, -0.1) is 0 Å². The van der Waals surface area contributed by atoms with Crippen molar-refractivity contribution in [1.82, 2.24) is 10.3 Å². The zero-order valence-corrected chi connectivity index (χ0v) is 15.7. The number of pyridine rings is 1. The van der Waals surface area contributed by atoms with Crippen LogP contribution < -0.4 is 5.32 Å². The molecular formula is C20H17BrN2O3. The van der Waals surface area contributed by atoms with Gasteiger partial charge in [-0.3, -0.25) is 9.78 Å². The molecule has 0 aliphatic carbocycles. The molecule has 0 bridgehead atoms. The first-order valence-corrected chi connectivity index (χ1v) is 8.84. The van der Waals surface area contributed by atoms with Gasteiger partial charge in [-0.2, -0.15) is 0 Å². The molecule has 1 atom stereocenters. The van der Waals surface area contributed by atoms with Crippen LogP contribution >= 0.6 is 15.9 Å². The summed E-state index contributed by atoms with van der Waals surface area (Å²) >= 11 is 3.38. The quantitative estimate of drug-likeness (QED) is 0.651. The first kappa shape index (κ1) is 18.1. The van der Waals surface area contributed by atoms with Crippen molar-refractivity contribution in [2.24, 2.45) is 0 Å². The number of carbonyl (C=O) groups is 2. The Morgan fingerprint density at radius 3 is 2.58 bits per heavy atom. The maximum atomic E-state index is 12.8. The topological polar surface area (TPSA) is 68.3 Å². The number of methoxy groups -OCH3 is 1. The predicted octanol–water partition coefficient (Wildman–Crippen LogP) is 3.51. The van der Waals surface area contributed by atoms with Crippen LogP contribution in [0.2, 0.25) is 0 Å². The number of nitrogens with zero attached hydrogens (tertiary/aromatic N) is 1. The second-order valence-electron chi connectivity index (χ2n) is 5.76. The van der Waals surface area contributed by atoms with Gasteiger partial charge in [0.1, 0.15) is 6.04 Å². The highest BCUT2D eigenvalue weighted by atomic mass is 79.9. The molecule has 0 fully saturated rings. The van der Waals surface area contributed by atoms with Crippen molar-refractivity contribution >= 4 is 38.7 Å². The lowest BCUT2D eigenvalue weighted by Gasteiger charge is -2.17. The second-order valence-corrected chi connectivity index (χ2v) is 6.68. The van der Waals surface area contributed by atoms with Crippen LogP contribution in [0.1, 0.15) is 15.9 Å². The molecule has 26 heavy (non-hydrogen) atoms. The van der Waals surface area contributed by atoms with Crippen LogP contribution in [0, 0.1) is 0 Å². The number of rotatable bonds is 5. The lowest BCUT2D eigenvalue weighted by Crippen LogP contribution is -2.43. The minimum atomic E-state index is -0.785. The summed E-state index contributed by atoms with van der Waals surface area (Å²) in [5.74, 6) is -0.851. The van der Waals surface area contributed by atoms with Crippen LogP contribution in [-0.2, 0) is 16.0 Å². The van der Waals surface area contributed by atoms with E-state index in [0.717, 1.165) is 15.4 Å². The largest absolute Gasteiger partial charge is 0.467 e. The molecule has 1 heterocycles. The lowest BCUT2D eigenvalue weighted by molar-refractivity contribution is -0.142. The number of para-hydroxylation sites is 1. The van der Waals surface area contributed by atoms with E-state index in [-0.39, 0.29) is 5.91 Å². The molecule has 0 aliphatic heterocycles. The summed E-state index contributed by atoms with van der Waals surface area (Å²) < 4.78 is 5.80. The monoisotopic (exact) mass is 412 g/mol. The van der Waals surface area contributed by atoms with E-state index < -0.39 is 12.0 Å². The molecule has 3 aromatic rings. The number of ether oxygens (including phenoxy) is 1. The number of hydrogen-bond acceptors (Lipinski definition) is 4. The van der Waals surface area contributed by atoms with Gasteiger partial charge in [0.2, 0.25) is 0 Å². The molecular weight excluding hydrogens is 396 g/mol. The fourth-order valence-corrected chi connectivity index (χ4v) is 2.98. The Hall–Kier alpha value is -2.73. The van der Waals surface area contributed by atoms with Crippen molar-refractivity contribution in [2.75, 3.05) is 7.11 Å². The molecule has 1 aromatic heterocycles. The molecule has 0 radical (unpaired) electrons. The molecule has 5 nitrogen and oxygen atoms in total. The van der Waals surface area contributed by atoms with Gasteiger partial charge in [0, 0.05) is 22.5 Å². The van der Waals surface area contributed by atoms with Gasteiger partial charge < -0.3 is 10.1 Å². The molecule has 3 rings (SSSR count). The summed E-state index contributed by atoms with van der Waals surface area (Å²) in [4.78, 5) is 29.2. The minimum Gasteiger partial charge on any atom is -0.467 e. The van der Waals surface area contributed by atoms with Crippen molar-refractivity contribution in [1.29, 1.82) is 0 Å². The Balaban J connectivity index is 1.85. The van der Waals surface area contributed by atoms with Gasteiger partial charge in [0.15, 0.2) is 0 Å². The van der Waals surface area contributed by atoms with Gasteiger partial charge >= 0.3 is 5.97 Å². The third kappa shape index (κ3) is 4.08. The summed E-state index contributed by atoms with van der Waals surface area (Å²) in [6, 6.07) is 15.9. The predicted molar refractivity (Wildman–Crippen MR) is 103 cm³/mol. The first-order valence-electron chi connectivity index (χ1n) is 8.05. The maximum Gasteiger partial charge on any atom is 0.328 e. The van der Waals surface area contributed by atoms with Crippen molar-refractivity contribution in [2.45, 2.75) is 12.5 Å². The third-order valence-corrected chi connectivity index (χ3v) is 4.55. The van der Waals surface area contributed by atoms with Crippen LogP contribution in [-0.4, -0.2) is 30.0 Å². The van der Waals surface area contributed by atoms with E-state index in [9.17, 15) is 9.59 Å². The Kier molecular flexibility index (Phi) is 5.63. The highest BCUT2D eigenvalue weighted by molar-refractivity contribution is 9.10. The van der Waals surface area contributed by atoms with E-state index in [2.05, 4.69) is 26.2 Å². The molecule has 0 spiro atoms. The Morgan fingerprint density at radius 1 is 1.12 bits per heavy atom. The average Bonchev–Trinajstić information content (AvgIpc) is 2.68. The number of hydrogen-bond donors (Lipinski definition) is 1. The molecule has 0 unspecified atom stereocenters. The van der Waals surface area contributed by atoms with Crippen molar-refractivity contribution < 1.29 is 14.3 Å². The number of amides is 1. The number of fused-ring (bicyclic) bond motifs is 1. The fraction of sp³-hybridized carbons (Fsp3) is 0.150. The Bertz CT molecular complexity index is 936. The smallest absolute Gasteiger partial charge is 0.328 e. The number of halogens is 1. The molecule has 132 valence electrons. The summed E-state index contributed by atoms with van der Waals surface area (Å²) in [6.07, 6.45) is 1.97. The number of nitrogens with one attached hydrogen (secondary N) is 1. The summed E-state index contributed by atoms with van der Waals surface area (Å²) in [6.45, 7) is 0. The van der Waals surface area contributed by atoms with E-state index in [1.165, 1.54) is 7.11 Å². The average molecular weight is 413 g/mol. The summed E-state index contributed by atoms with van der Waals surface area (Å²) in [5, 5.41) is 3.64. The Labute approximate surface area is 159 Å². The molecule has 1 N–H and O–H groups in total. The minimum absolute atomic E-state index is 0.337. The molecule has 0 saturated heterocycles. The SMILES string of the molecule is COC(=O)[C@@H](Cc1ccc(Br)cc1)NC(=O)c1cccc2cccnc12. The lowest BCUT2D eigenvalue weighted by atomic mass is 10.0. The van der Waals surface area contributed by atoms with Crippen molar-refractivity contribution in [3.8, 4) is 0 Å². The summed E-state index contributed by atoms with van der Waals surface area (Å²) in [7, 11) is 1.31. The third-order valence-electron chi connectivity index (χ3n) is 4.02. The fourth-order valence-electron chi connectivity index (χ4n) is 2.72. The van der Waals surface area contributed by atoms with E-state index in [1.54, 1.807) is 18.3 Å². The second kappa shape index (κ2) is 8.10. The standard InChI is InChI=1S/C20H17BrN2O3/c1-26-20(25)17(12-13-7-9-15(21)10-8-13)23-19(24)16-6-2-4-14-5-3-11-22-18(14)16/h2-11,17H,12H2,1H3,(H,23,24)/t17-/m1/s1. The van der Waals surface area contributed by atoms with E-state index in [4.69, 9.17) is 4.74 Å². The number of carbonyl (C=O) groups excluding carboxylic acids is 2. The van der Waals surface area contributed by atoms with Crippen molar-refractivity contribution in [3.63, 3.8) is 0 Å². The first-order chi connectivity index (χ1) is 12.6. The number of benzene rings is 2. The molecule has 2 aromatic carbocycles. The Morgan fingerprint density at radius 2 is 1.85 bits per heavy atom. The van der Waals surface area contributed by atoms with Crippen LogP contribution in [0.3, 0.4) is 0 Å². The molecule has 0 saturated carbocycles. The van der Waals surface area contributed by atoms with Gasteiger partial charge in [-0.05, 0) is 29.8 Å². The van der Waals surface area contributed by atoms with Crippen LogP contribution in [0.4, 0.5) is 0 Å².